The van der Waals surface area contributed by atoms with Crippen LogP contribution in [0, 0.1) is 12.3 Å². The van der Waals surface area contributed by atoms with Crippen molar-refractivity contribution in [2.45, 2.75) is 30.7 Å². The number of ether oxygens (including phenoxy) is 2. The molecule has 1 rings (SSSR count). The molecule has 0 aliphatic heterocycles. The fourth-order valence-corrected chi connectivity index (χ4v) is 2.55. The van der Waals surface area contributed by atoms with Crippen molar-refractivity contribution in [1.29, 1.82) is 0 Å². The minimum atomic E-state index is 0.773. The molecule has 0 radical (unpaired) electrons. The van der Waals surface area contributed by atoms with Crippen molar-refractivity contribution in [3.63, 3.8) is 0 Å². The van der Waals surface area contributed by atoms with E-state index in [1.54, 1.807) is 26.0 Å². The molecule has 0 heterocycles. The van der Waals surface area contributed by atoms with E-state index in [9.17, 15) is 0 Å². The van der Waals surface area contributed by atoms with E-state index in [1.165, 1.54) is 10.5 Å². The Morgan fingerprint density at radius 1 is 1.20 bits per heavy atom. The molecule has 1 aromatic carbocycles. The van der Waals surface area contributed by atoms with Crippen molar-refractivity contribution >= 4 is 11.8 Å². The van der Waals surface area contributed by atoms with E-state index in [2.05, 4.69) is 17.5 Å². The summed E-state index contributed by atoms with van der Waals surface area (Å²) >= 11 is 1.71. The van der Waals surface area contributed by atoms with Crippen LogP contribution < -0.4 is 14.8 Å². The van der Waals surface area contributed by atoms with Crippen molar-refractivity contribution in [1.82, 2.24) is 5.32 Å². The van der Waals surface area contributed by atoms with Gasteiger partial charge in [-0.3, -0.25) is 0 Å². The SMILES string of the molecule is C#CCCCCNCc1cc(OC)c(OC)cc1SC. The fourth-order valence-electron chi connectivity index (χ4n) is 1.93. The van der Waals surface area contributed by atoms with Crippen molar-refractivity contribution in [2.75, 3.05) is 27.0 Å². The Hall–Kier alpha value is -1.31. The molecule has 110 valence electrons. The highest BCUT2D eigenvalue weighted by atomic mass is 32.2. The molecule has 20 heavy (non-hydrogen) atoms. The molecule has 0 amide bonds. The van der Waals surface area contributed by atoms with Gasteiger partial charge in [0.15, 0.2) is 11.5 Å². The molecule has 4 heteroatoms. The summed E-state index contributed by atoms with van der Waals surface area (Å²) in [6.07, 6.45) is 10.3. The molecular weight excluding hydrogens is 270 g/mol. The van der Waals surface area contributed by atoms with E-state index in [-0.39, 0.29) is 0 Å². The molecule has 1 aromatic rings. The predicted molar refractivity (Wildman–Crippen MR) is 85.7 cm³/mol. The Kier molecular flexibility index (Phi) is 8.01. The Morgan fingerprint density at radius 2 is 1.90 bits per heavy atom. The molecule has 0 saturated heterocycles. The topological polar surface area (TPSA) is 30.5 Å². The number of hydrogen-bond donors (Lipinski definition) is 1. The van der Waals surface area contributed by atoms with Crippen LogP contribution >= 0.6 is 11.8 Å². The lowest BCUT2D eigenvalue weighted by Crippen LogP contribution is -2.15. The molecule has 0 bridgehead atoms. The first kappa shape index (κ1) is 16.7. The van der Waals surface area contributed by atoms with E-state index in [0.29, 0.717) is 0 Å². The maximum Gasteiger partial charge on any atom is 0.161 e. The second-order valence-electron chi connectivity index (χ2n) is 4.36. The first-order chi connectivity index (χ1) is 9.76. The molecule has 0 unspecified atom stereocenters. The van der Waals surface area contributed by atoms with Gasteiger partial charge in [0.25, 0.3) is 0 Å². The van der Waals surface area contributed by atoms with Gasteiger partial charge in [-0.05, 0) is 43.3 Å². The first-order valence-corrected chi connectivity index (χ1v) is 7.92. The largest absolute Gasteiger partial charge is 0.493 e. The average Bonchev–Trinajstić information content (AvgIpc) is 2.49. The lowest BCUT2D eigenvalue weighted by Gasteiger charge is -2.14. The summed E-state index contributed by atoms with van der Waals surface area (Å²) in [7, 11) is 3.32. The fraction of sp³-hybridized carbons (Fsp3) is 0.500. The van der Waals surface area contributed by atoms with Crippen LogP contribution in [0.25, 0.3) is 0 Å². The third-order valence-corrected chi connectivity index (χ3v) is 3.85. The number of hydrogen-bond acceptors (Lipinski definition) is 4. The predicted octanol–water partition coefficient (Wildman–Crippen LogP) is 3.32. The van der Waals surface area contributed by atoms with Crippen LogP contribution in [0.1, 0.15) is 24.8 Å². The number of methoxy groups -OCH3 is 2. The van der Waals surface area contributed by atoms with Gasteiger partial charge in [-0.15, -0.1) is 24.1 Å². The van der Waals surface area contributed by atoms with Crippen LogP contribution in [-0.4, -0.2) is 27.0 Å². The van der Waals surface area contributed by atoms with Crippen LogP contribution in [-0.2, 0) is 6.54 Å². The summed E-state index contributed by atoms with van der Waals surface area (Å²) in [5, 5.41) is 3.45. The standard InChI is InChI=1S/C16H23NO2S/c1-5-6-7-8-9-17-12-13-10-14(18-2)15(19-3)11-16(13)20-4/h1,10-11,17H,6-9,12H2,2-4H3. The highest BCUT2D eigenvalue weighted by molar-refractivity contribution is 7.98. The normalized spacial score (nSPS) is 10.1. The zero-order valence-electron chi connectivity index (χ0n) is 12.5. The van der Waals surface area contributed by atoms with Gasteiger partial charge in [0.1, 0.15) is 0 Å². The molecule has 0 aliphatic carbocycles. The molecule has 1 N–H and O–H groups in total. The number of thioether (sulfide) groups is 1. The third-order valence-electron chi connectivity index (χ3n) is 3.03. The van der Waals surface area contributed by atoms with E-state index in [1.807, 2.05) is 12.1 Å². The molecule has 0 aromatic heterocycles. The summed E-state index contributed by atoms with van der Waals surface area (Å²) < 4.78 is 10.7. The van der Waals surface area contributed by atoms with E-state index < -0.39 is 0 Å². The van der Waals surface area contributed by atoms with Crippen LogP contribution in [0.3, 0.4) is 0 Å². The van der Waals surface area contributed by atoms with Gasteiger partial charge in [-0.25, -0.2) is 0 Å². The molecular formula is C16H23NO2S. The van der Waals surface area contributed by atoms with Crippen LogP contribution in [0.4, 0.5) is 0 Å². The molecule has 3 nitrogen and oxygen atoms in total. The molecule has 0 spiro atoms. The highest BCUT2D eigenvalue weighted by Gasteiger charge is 2.10. The number of benzene rings is 1. The number of rotatable bonds is 9. The van der Waals surface area contributed by atoms with E-state index in [4.69, 9.17) is 15.9 Å². The Bertz CT molecular complexity index is 455. The zero-order valence-corrected chi connectivity index (χ0v) is 13.3. The second kappa shape index (κ2) is 9.57. The van der Waals surface area contributed by atoms with Crippen molar-refractivity contribution in [3.05, 3.63) is 17.7 Å². The summed E-state index contributed by atoms with van der Waals surface area (Å²) in [6.45, 7) is 1.80. The maximum absolute atomic E-state index is 5.35. The van der Waals surface area contributed by atoms with Crippen molar-refractivity contribution < 1.29 is 9.47 Å². The second-order valence-corrected chi connectivity index (χ2v) is 5.21. The van der Waals surface area contributed by atoms with Gasteiger partial charge in [-0.2, -0.15) is 0 Å². The third kappa shape index (κ3) is 4.99. The summed E-state index contributed by atoms with van der Waals surface area (Å²) in [4.78, 5) is 1.21. The van der Waals surface area contributed by atoms with Gasteiger partial charge < -0.3 is 14.8 Å². The molecule has 0 atom stereocenters. The summed E-state index contributed by atoms with van der Waals surface area (Å²) in [5.74, 6) is 4.21. The molecule has 0 saturated carbocycles. The number of terminal acetylenes is 1. The van der Waals surface area contributed by atoms with E-state index in [0.717, 1.165) is 43.9 Å². The Labute approximate surface area is 126 Å². The van der Waals surface area contributed by atoms with Gasteiger partial charge >= 0.3 is 0 Å². The number of unbranched alkanes of at least 4 members (excludes halogenated alkanes) is 2. The zero-order chi connectivity index (χ0) is 14.8. The van der Waals surface area contributed by atoms with Crippen molar-refractivity contribution in [3.8, 4) is 23.8 Å². The maximum atomic E-state index is 5.35. The van der Waals surface area contributed by atoms with Crippen LogP contribution in [0.2, 0.25) is 0 Å². The highest BCUT2D eigenvalue weighted by Crippen LogP contribution is 2.34. The smallest absolute Gasteiger partial charge is 0.161 e. The monoisotopic (exact) mass is 293 g/mol. The van der Waals surface area contributed by atoms with E-state index >= 15 is 0 Å². The minimum Gasteiger partial charge on any atom is -0.493 e. The Morgan fingerprint density at radius 3 is 2.50 bits per heavy atom. The van der Waals surface area contributed by atoms with Gasteiger partial charge in [0.05, 0.1) is 14.2 Å². The quantitative estimate of drug-likeness (QED) is 0.430. The average molecular weight is 293 g/mol. The molecule has 0 fully saturated rings. The summed E-state index contributed by atoms with van der Waals surface area (Å²) in [5.41, 5.74) is 1.23. The lowest BCUT2D eigenvalue weighted by molar-refractivity contribution is 0.353. The summed E-state index contributed by atoms with van der Waals surface area (Å²) in [6, 6.07) is 4.07. The van der Waals surface area contributed by atoms with Gasteiger partial charge in [0.2, 0.25) is 0 Å². The molecule has 0 aliphatic rings. The first-order valence-electron chi connectivity index (χ1n) is 6.69. The van der Waals surface area contributed by atoms with Gasteiger partial charge in [-0.1, -0.05) is 0 Å². The van der Waals surface area contributed by atoms with Gasteiger partial charge in [0, 0.05) is 17.9 Å². The minimum absolute atomic E-state index is 0.773. The van der Waals surface area contributed by atoms with Crippen molar-refractivity contribution in [2.24, 2.45) is 0 Å². The lowest BCUT2D eigenvalue weighted by atomic mass is 10.2. The van der Waals surface area contributed by atoms with Crippen LogP contribution in [0.15, 0.2) is 17.0 Å². The number of nitrogens with one attached hydrogen (secondary N) is 1. The van der Waals surface area contributed by atoms with Crippen LogP contribution in [0.5, 0.6) is 11.5 Å². The Balaban J connectivity index is 2.62.